The Hall–Kier alpha value is -2.62. The van der Waals surface area contributed by atoms with Crippen LogP contribution in [0, 0.1) is 13.8 Å². The number of carboxylic acids is 1. The summed E-state index contributed by atoms with van der Waals surface area (Å²) in [5.74, 6) is -1.23. The van der Waals surface area contributed by atoms with Crippen molar-refractivity contribution in [1.82, 2.24) is 0 Å². The lowest BCUT2D eigenvalue weighted by molar-refractivity contribution is -0.137. The number of carbonyl (C=O) groups excluding carboxylic acids is 1. The first-order valence-corrected chi connectivity index (χ1v) is 7.12. The Bertz CT molecular complexity index is 680. The largest absolute Gasteiger partial charge is 0.480 e. The van der Waals surface area contributed by atoms with Crippen molar-refractivity contribution in [2.45, 2.75) is 26.3 Å². The maximum Gasteiger partial charge on any atom is 0.326 e. The molecule has 0 fully saturated rings. The lowest BCUT2D eigenvalue weighted by atomic mass is 10.0. The summed E-state index contributed by atoms with van der Waals surface area (Å²) in [5, 5.41) is 12.3. The molecule has 114 valence electrons. The van der Waals surface area contributed by atoms with Crippen molar-refractivity contribution < 1.29 is 14.7 Å². The summed E-state index contributed by atoms with van der Waals surface area (Å²) in [6.45, 7) is 3.84. The van der Waals surface area contributed by atoms with E-state index >= 15 is 0 Å². The molecule has 0 bridgehead atoms. The molecule has 4 nitrogen and oxygen atoms in total. The fourth-order valence-electron chi connectivity index (χ4n) is 2.21. The Morgan fingerprint density at radius 2 is 1.77 bits per heavy atom. The van der Waals surface area contributed by atoms with Crippen LogP contribution in [0.5, 0.6) is 0 Å². The summed E-state index contributed by atoms with van der Waals surface area (Å²) < 4.78 is 0. The molecule has 2 aromatic carbocycles. The van der Waals surface area contributed by atoms with E-state index in [0.717, 1.165) is 16.8 Å². The number of ketones is 1. The number of hydrogen-bond acceptors (Lipinski definition) is 3. The molecule has 0 spiro atoms. The molecule has 2 rings (SSSR count). The molecule has 22 heavy (non-hydrogen) atoms. The quantitative estimate of drug-likeness (QED) is 0.802. The number of hydrogen-bond donors (Lipinski definition) is 2. The second kappa shape index (κ2) is 6.89. The highest BCUT2D eigenvalue weighted by molar-refractivity contribution is 5.99. The number of aryl methyl sites for hydroxylation is 2. The molecule has 2 N–H and O–H groups in total. The first-order valence-electron chi connectivity index (χ1n) is 7.12. The van der Waals surface area contributed by atoms with Crippen LogP contribution in [0.2, 0.25) is 0 Å². The number of carbonyl (C=O) groups is 2. The predicted molar refractivity (Wildman–Crippen MR) is 86.4 cm³/mol. The topological polar surface area (TPSA) is 66.4 Å². The van der Waals surface area contributed by atoms with E-state index in [-0.39, 0.29) is 12.2 Å². The lowest BCUT2D eigenvalue weighted by Crippen LogP contribution is -2.32. The highest BCUT2D eigenvalue weighted by atomic mass is 16.4. The molecule has 0 aliphatic heterocycles. The molecule has 1 atom stereocenters. The zero-order chi connectivity index (χ0) is 16.1. The Labute approximate surface area is 129 Å². The van der Waals surface area contributed by atoms with E-state index in [0.29, 0.717) is 5.56 Å². The van der Waals surface area contributed by atoms with Gasteiger partial charge >= 0.3 is 5.97 Å². The van der Waals surface area contributed by atoms with Crippen LogP contribution in [0.1, 0.15) is 27.9 Å². The third kappa shape index (κ3) is 3.95. The van der Waals surface area contributed by atoms with E-state index in [2.05, 4.69) is 5.32 Å². The van der Waals surface area contributed by atoms with Crippen LogP contribution in [0.15, 0.2) is 48.5 Å². The van der Waals surface area contributed by atoms with E-state index in [9.17, 15) is 14.7 Å². The average molecular weight is 297 g/mol. The monoisotopic (exact) mass is 297 g/mol. The maximum atomic E-state index is 12.2. The van der Waals surface area contributed by atoms with Crippen LogP contribution in [0.4, 0.5) is 5.69 Å². The van der Waals surface area contributed by atoms with Crippen molar-refractivity contribution in [3.8, 4) is 0 Å². The molecule has 0 aliphatic rings. The molecule has 0 heterocycles. The minimum absolute atomic E-state index is 0.0905. The third-order valence-corrected chi connectivity index (χ3v) is 3.51. The van der Waals surface area contributed by atoms with Crippen LogP contribution in [-0.2, 0) is 4.79 Å². The molecule has 2 aromatic rings. The van der Waals surface area contributed by atoms with Gasteiger partial charge in [-0.25, -0.2) is 4.79 Å². The Morgan fingerprint density at radius 3 is 2.41 bits per heavy atom. The van der Waals surface area contributed by atoms with Gasteiger partial charge in [-0.05, 0) is 31.0 Å². The molecule has 0 amide bonds. The summed E-state index contributed by atoms with van der Waals surface area (Å²) in [6, 6.07) is 13.6. The molecule has 0 aromatic heterocycles. The first-order chi connectivity index (χ1) is 10.5. The lowest BCUT2D eigenvalue weighted by Gasteiger charge is -2.17. The smallest absolute Gasteiger partial charge is 0.326 e. The minimum atomic E-state index is -1.04. The second-order valence-electron chi connectivity index (χ2n) is 5.35. The fraction of sp³-hybridized carbons (Fsp3) is 0.222. The van der Waals surface area contributed by atoms with Gasteiger partial charge in [0.25, 0.3) is 0 Å². The number of aliphatic carboxylic acids is 1. The molecule has 0 aliphatic carbocycles. The summed E-state index contributed by atoms with van der Waals surface area (Å²) >= 11 is 0. The van der Waals surface area contributed by atoms with Crippen LogP contribution in [0.25, 0.3) is 0 Å². The molecule has 1 unspecified atom stereocenters. The van der Waals surface area contributed by atoms with Gasteiger partial charge in [0.1, 0.15) is 6.04 Å². The van der Waals surface area contributed by atoms with Crippen molar-refractivity contribution in [2.75, 3.05) is 5.32 Å². The minimum Gasteiger partial charge on any atom is -0.480 e. The SMILES string of the molecule is Cc1ccc(C)c(NC(CC(=O)c2ccccc2)C(=O)O)c1. The zero-order valence-electron chi connectivity index (χ0n) is 12.7. The standard InChI is InChI=1S/C18H19NO3/c1-12-8-9-13(2)15(10-12)19-16(18(21)22)11-17(20)14-6-4-3-5-7-14/h3-10,16,19H,11H2,1-2H3,(H,21,22). The van der Waals surface area contributed by atoms with Gasteiger partial charge in [-0.15, -0.1) is 0 Å². The fourth-order valence-corrected chi connectivity index (χ4v) is 2.21. The van der Waals surface area contributed by atoms with Gasteiger partial charge in [0.15, 0.2) is 5.78 Å². The van der Waals surface area contributed by atoms with Crippen LogP contribution < -0.4 is 5.32 Å². The van der Waals surface area contributed by atoms with Crippen molar-refractivity contribution in [2.24, 2.45) is 0 Å². The van der Waals surface area contributed by atoms with Gasteiger partial charge in [-0.3, -0.25) is 4.79 Å². The van der Waals surface area contributed by atoms with E-state index in [1.807, 2.05) is 38.1 Å². The van der Waals surface area contributed by atoms with E-state index in [1.165, 1.54) is 0 Å². The van der Waals surface area contributed by atoms with E-state index < -0.39 is 12.0 Å². The average Bonchev–Trinajstić information content (AvgIpc) is 2.50. The van der Waals surface area contributed by atoms with Crippen molar-refractivity contribution in [3.63, 3.8) is 0 Å². The Kier molecular flexibility index (Phi) is 4.94. The van der Waals surface area contributed by atoms with Crippen molar-refractivity contribution in [3.05, 3.63) is 65.2 Å². The number of carboxylic acid groups (broad SMARTS) is 1. The highest BCUT2D eigenvalue weighted by Crippen LogP contribution is 2.19. The van der Waals surface area contributed by atoms with Crippen molar-refractivity contribution >= 4 is 17.4 Å². The van der Waals surface area contributed by atoms with Gasteiger partial charge in [-0.1, -0.05) is 42.5 Å². The predicted octanol–water partition coefficient (Wildman–Crippen LogP) is 3.44. The number of Topliss-reactive ketones (excluding diaryl/α,β-unsaturated/α-hetero) is 1. The zero-order valence-corrected chi connectivity index (χ0v) is 12.7. The van der Waals surface area contributed by atoms with E-state index in [1.54, 1.807) is 24.3 Å². The molecule has 4 heteroatoms. The Balaban J connectivity index is 2.15. The number of rotatable bonds is 6. The highest BCUT2D eigenvalue weighted by Gasteiger charge is 2.22. The first kappa shape index (κ1) is 15.8. The third-order valence-electron chi connectivity index (χ3n) is 3.51. The van der Waals surface area contributed by atoms with Gasteiger partial charge in [-0.2, -0.15) is 0 Å². The van der Waals surface area contributed by atoms with Crippen LogP contribution in [-0.4, -0.2) is 22.9 Å². The van der Waals surface area contributed by atoms with Gasteiger partial charge in [0.2, 0.25) is 0 Å². The number of anilines is 1. The van der Waals surface area contributed by atoms with E-state index in [4.69, 9.17) is 0 Å². The summed E-state index contributed by atoms with van der Waals surface area (Å²) in [7, 11) is 0. The maximum absolute atomic E-state index is 12.2. The molecular weight excluding hydrogens is 278 g/mol. The summed E-state index contributed by atoms with van der Waals surface area (Å²) in [4.78, 5) is 23.7. The van der Waals surface area contributed by atoms with Crippen LogP contribution in [0.3, 0.4) is 0 Å². The van der Waals surface area contributed by atoms with Crippen LogP contribution >= 0.6 is 0 Å². The number of benzene rings is 2. The van der Waals surface area contributed by atoms with Gasteiger partial charge in [0, 0.05) is 17.7 Å². The van der Waals surface area contributed by atoms with Gasteiger partial charge in [0.05, 0.1) is 0 Å². The number of nitrogens with one attached hydrogen (secondary N) is 1. The molecule has 0 radical (unpaired) electrons. The molecule has 0 saturated carbocycles. The normalized spacial score (nSPS) is 11.7. The summed E-state index contributed by atoms with van der Waals surface area (Å²) in [5.41, 5.74) is 3.25. The Morgan fingerprint density at radius 1 is 1.09 bits per heavy atom. The summed E-state index contributed by atoms with van der Waals surface area (Å²) in [6.07, 6.45) is -0.0905. The molecule has 0 saturated heterocycles. The molecular formula is C18H19NO3. The van der Waals surface area contributed by atoms with Crippen molar-refractivity contribution in [1.29, 1.82) is 0 Å². The second-order valence-corrected chi connectivity index (χ2v) is 5.35. The van der Waals surface area contributed by atoms with Gasteiger partial charge < -0.3 is 10.4 Å².